The van der Waals surface area contributed by atoms with Crippen molar-refractivity contribution >= 4 is 39.3 Å². The minimum absolute atomic E-state index is 0.114. The Labute approximate surface area is 175 Å². The number of thioether (sulfide) groups is 1. The Balaban J connectivity index is 1.74. The molecule has 0 unspecified atom stereocenters. The molecule has 1 N–H and O–H groups in total. The predicted molar refractivity (Wildman–Crippen MR) is 114 cm³/mol. The third-order valence-electron chi connectivity index (χ3n) is 4.24. The van der Waals surface area contributed by atoms with Crippen LogP contribution >= 0.6 is 27.7 Å². The molecule has 5 nitrogen and oxygen atoms in total. The molecule has 0 radical (unpaired) electrons. The summed E-state index contributed by atoms with van der Waals surface area (Å²) in [4.78, 5) is 12.5. The molecule has 8 heteroatoms. The highest BCUT2D eigenvalue weighted by Crippen LogP contribution is 2.27. The Kier molecular flexibility index (Phi) is 6.51. The van der Waals surface area contributed by atoms with E-state index in [0.717, 1.165) is 33.4 Å². The molecule has 0 aliphatic heterocycles. The minimum atomic E-state index is -0.306. The van der Waals surface area contributed by atoms with Crippen LogP contribution in [-0.4, -0.2) is 26.4 Å². The standard InChI is InChI=1S/C20H20BrFN4OS/c1-4-14-10-15(21)9-12(2)19(14)23-18(27)11-28-20-25-24-13(3)26(20)17-7-5-16(22)6-8-17/h5-10H,4,11H2,1-3H3,(H,23,27). The summed E-state index contributed by atoms with van der Waals surface area (Å²) in [5, 5.41) is 11.8. The number of amides is 1. The first-order valence-electron chi connectivity index (χ1n) is 8.78. The maximum Gasteiger partial charge on any atom is 0.234 e. The van der Waals surface area contributed by atoms with Gasteiger partial charge in [0.2, 0.25) is 5.91 Å². The highest BCUT2D eigenvalue weighted by atomic mass is 79.9. The lowest BCUT2D eigenvalue weighted by Gasteiger charge is -2.14. The van der Waals surface area contributed by atoms with Gasteiger partial charge in [0.1, 0.15) is 11.6 Å². The van der Waals surface area contributed by atoms with E-state index in [1.165, 1.54) is 23.9 Å². The van der Waals surface area contributed by atoms with Crippen molar-refractivity contribution in [3.8, 4) is 5.69 Å². The molecule has 0 saturated carbocycles. The molecule has 0 atom stereocenters. The number of aromatic nitrogens is 3. The number of nitrogens with zero attached hydrogens (tertiary/aromatic N) is 3. The van der Waals surface area contributed by atoms with Crippen LogP contribution in [0.5, 0.6) is 0 Å². The predicted octanol–water partition coefficient (Wildman–Crippen LogP) is 5.08. The Morgan fingerprint density at radius 3 is 2.61 bits per heavy atom. The van der Waals surface area contributed by atoms with Crippen molar-refractivity contribution in [1.29, 1.82) is 0 Å². The maximum atomic E-state index is 13.2. The van der Waals surface area contributed by atoms with Gasteiger partial charge in [0.25, 0.3) is 0 Å². The van der Waals surface area contributed by atoms with Gasteiger partial charge in [-0.1, -0.05) is 34.6 Å². The highest BCUT2D eigenvalue weighted by molar-refractivity contribution is 9.10. The zero-order valence-corrected chi connectivity index (χ0v) is 18.2. The molecule has 3 rings (SSSR count). The summed E-state index contributed by atoms with van der Waals surface area (Å²) in [5.74, 6) is 0.445. The monoisotopic (exact) mass is 462 g/mol. The van der Waals surface area contributed by atoms with E-state index < -0.39 is 0 Å². The normalized spacial score (nSPS) is 10.9. The van der Waals surface area contributed by atoms with Crippen molar-refractivity contribution in [2.24, 2.45) is 0 Å². The van der Waals surface area contributed by atoms with Crippen LogP contribution in [0.25, 0.3) is 5.69 Å². The van der Waals surface area contributed by atoms with Gasteiger partial charge in [0.15, 0.2) is 5.16 Å². The Morgan fingerprint density at radius 1 is 1.21 bits per heavy atom. The molecule has 0 saturated heterocycles. The number of carbonyl (C=O) groups is 1. The van der Waals surface area contributed by atoms with Crippen molar-refractivity contribution in [3.63, 3.8) is 0 Å². The molecule has 1 amide bonds. The van der Waals surface area contributed by atoms with E-state index in [0.29, 0.717) is 11.0 Å². The number of hydrogen-bond acceptors (Lipinski definition) is 4. The van der Waals surface area contributed by atoms with Gasteiger partial charge in [-0.15, -0.1) is 10.2 Å². The topological polar surface area (TPSA) is 59.8 Å². The van der Waals surface area contributed by atoms with Crippen LogP contribution in [0.4, 0.5) is 10.1 Å². The molecule has 2 aromatic carbocycles. The van der Waals surface area contributed by atoms with Crippen molar-refractivity contribution < 1.29 is 9.18 Å². The van der Waals surface area contributed by atoms with Crippen molar-refractivity contribution in [2.75, 3.05) is 11.1 Å². The first-order valence-corrected chi connectivity index (χ1v) is 10.6. The summed E-state index contributed by atoms with van der Waals surface area (Å²) >= 11 is 4.79. The molecule has 1 aromatic heterocycles. The lowest BCUT2D eigenvalue weighted by atomic mass is 10.1. The van der Waals surface area contributed by atoms with Gasteiger partial charge in [0, 0.05) is 15.8 Å². The summed E-state index contributed by atoms with van der Waals surface area (Å²) in [5.41, 5.74) is 3.70. The third-order valence-corrected chi connectivity index (χ3v) is 5.63. The number of rotatable bonds is 6. The van der Waals surface area contributed by atoms with Crippen LogP contribution in [0.1, 0.15) is 23.9 Å². The van der Waals surface area contributed by atoms with E-state index in [1.807, 2.05) is 26.0 Å². The summed E-state index contributed by atoms with van der Waals surface area (Å²) < 4.78 is 16.0. The fourth-order valence-corrected chi connectivity index (χ4v) is 4.32. The minimum Gasteiger partial charge on any atom is -0.325 e. The zero-order valence-electron chi connectivity index (χ0n) is 15.8. The molecule has 0 aliphatic carbocycles. The lowest BCUT2D eigenvalue weighted by molar-refractivity contribution is -0.113. The molecule has 3 aromatic rings. The molecule has 0 bridgehead atoms. The number of hydrogen-bond donors (Lipinski definition) is 1. The van der Waals surface area contributed by atoms with Crippen LogP contribution in [0.3, 0.4) is 0 Å². The van der Waals surface area contributed by atoms with Crippen LogP contribution in [0.2, 0.25) is 0 Å². The maximum absolute atomic E-state index is 13.2. The average Bonchev–Trinajstić information content (AvgIpc) is 3.03. The second-order valence-corrected chi connectivity index (χ2v) is 8.15. The van der Waals surface area contributed by atoms with E-state index in [-0.39, 0.29) is 17.5 Å². The fraction of sp³-hybridized carbons (Fsp3) is 0.250. The number of halogens is 2. The van der Waals surface area contributed by atoms with Gasteiger partial charge in [0.05, 0.1) is 5.75 Å². The van der Waals surface area contributed by atoms with E-state index in [1.54, 1.807) is 16.7 Å². The number of anilines is 1. The first kappa shape index (κ1) is 20.5. The van der Waals surface area contributed by atoms with Crippen LogP contribution in [0, 0.1) is 19.7 Å². The van der Waals surface area contributed by atoms with Crippen molar-refractivity contribution in [3.05, 3.63) is 63.6 Å². The van der Waals surface area contributed by atoms with Crippen molar-refractivity contribution in [1.82, 2.24) is 14.8 Å². The largest absolute Gasteiger partial charge is 0.325 e. The Morgan fingerprint density at radius 2 is 1.93 bits per heavy atom. The second-order valence-electron chi connectivity index (χ2n) is 6.29. The quantitative estimate of drug-likeness (QED) is 0.518. The van der Waals surface area contributed by atoms with Gasteiger partial charge >= 0.3 is 0 Å². The lowest BCUT2D eigenvalue weighted by Crippen LogP contribution is -2.16. The molecule has 0 aliphatic rings. The van der Waals surface area contributed by atoms with Gasteiger partial charge in [-0.05, 0) is 67.8 Å². The summed E-state index contributed by atoms with van der Waals surface area (Å²) in [6, 6.07) is 10.1. The smallest absolute Gasteiger partial charge is 0.234 e. The second kappa shape index (κ2) is 8.87. The average molecular weight is 463 g/mol. The number of nitrogens with one attached hydrogen (secondary N) is 1. The Bertz CT molecular complexity index is 1000. The van der Waals surface area contributed by atoms with E-state index in [9.17, 15) is 9.18 Å². The van der Waals surface area contributed by atoms with Crippen molar-refractivity contribution in [2.45, 2.75) is 32.3 Å². The van der Waals surface area contributed by atoms with Crippen LogP contribution in [-0.2, 0) is 11.2 Å². The molecular formula is C20H20BrFN4OS. The van der Waals surface area contributed by atoms with E-state index in [4.69, 9.17) is 0 Å². The zero-order chi connectivity index (χ0) is 20.3. The summed E-state index contributed by atoms with van der Waals surface area (Å²) in [7, 11) is 0. The molecule has 0 fully saturated rings. The number of carbonyl (C=O) groups excluding carboxylic acids is 1. The first-order chi connectivity index (χ1) is 13.4. The fourth-order valence-electron chi connectivity index (χ4n) is 2.90. The Hall–Kier alpha value is -2.19. The van der Waals surface area contributed by atoms with Crippen LogP contribution < -0.4 is 5.32 Å². The number of aryl methyl sites for hydroxylation is 3. The third kappa shape index (κ3) is 4.62. The van der Waals surface area contributed by atoms with Gasteiger partial charge in [-0.25, -0.2) is 4.39 Å². The van der Waals surface area contributed by atoms with Gasteiger partial charge in [-0.3, -0.25) is 9.36 Å². The van der Waals surface area contributed by atoms with E-state index >= 15 is 0 Å². The molecular weight excluding hydrogens is 443 g/mol. The highest BCUT2D eigenvalue weighted by Gasteiger charge is 2.15. The molecule has 0 spiro atoms. The van der Waals surface area contributed by atoms with Crippen LogP contribution in [0.15, 0.2) is 46.0 Å². The van der Waals surface area contributed by atoms with Gasteiger partial charge < -0.3 is 5.32 Å². The number of benzene rings is 2. The van der Waals surface area contributed by atoms with E-state index in [2.05, 4.69) is 38.4 Å². The summed E-state index contributed by atoms with van der Waals surface area (Å²) in [6.07, 6.45) is 0.821. The molecule has 28 heavy (non-hydrogen) atoms. The SMILES string of the molecule is CCc1cc(Br)cc(C)c1NC(=O)CSc1nnc(C)n1-c1ccc(F)cc1. The van der Waals surface area contributed by atoms with Gasteiger partial charge in [-0.2, -0.15) is 0 Å². The molecule has 1 heterocycles. The summed E-state index contributed by atoms with van der Waals surface area (Å²) in [6.45, 7) is 5.85. The molecule has 146 valence electrons.